The van der Waals surface area contributed by atoms with Crippen LogP contribution in [0.25, 0.3) is 22.2 Å². The van der Waals surface area contributed by atoms with E-state index in [2.05, 4.69) is 34.2 Å². The minimum Gasteiger partial charge on any atom is -0.459 e. The number of pyridine rings is 1. The molecule has 0 fully saturated rings. The maximum absolute atomic E-state index is 13.9. The molecule has 2 aromatic carbocycles. The van der Waals surface area contributed by atoms with Gasteiger partial charge in [-0.3, -0.25) is 4.79 Å². The number of ether oxygens (including phenoxy) is 1. The number of nitrogens with one attached hydrogen (secondary N) is 1. The molecule has 1 aliphatic rings. The van der Waals surface area contributed by atoms with Crippen LogP contribution in [-0.4, -0.2) is 23.0 Å². The summed E-state index contributed by atoms with van der Waals surface area (Å²) in [4.78, 5) is 33.2. The molecule has 7 heteroatoms. The van der Waals surface area contributed by atoms with E-state index in [-0.39, 0.29) is 18.0 Å². The van der Waals surface area contributed by atoms with Gasteiger partial charge < -0.3 is 10.1 Å². The molecule has 1 amide bonds. The van der Waals surface area contributed by atoms with E-state index in [1.165, 1.54) is 16.2 Å². The summed E-state index contributed by atoms with van der Waals surface area (Å²) in [6.45, 7) is 7.93. The van der Waals surface area contributed by atoms with Crippen molar-refractivity contribution in [2.24, 2.45) is 5.92 Å². The van der Waals surface area contributed by atoms with Crippen molar-refractivity contribution in [2.45, 2.75) is 59.5 Å². The zero-order valence-electron chi connectivity index (χ0n) is 22.1. The monoisotopic (exact) mass is 590 g/mol. The lowest BCUT2D eigenvalue weighted by molar-refractivity contribution is 0.0378. The van der Waals surface area contributed by atoms with Gasteiger partial charge in [-0.1, -0.05) is 53.0 Å². The minimum absolute atomic E-state index is 0.244. The summed E-state index contributed by atoms with van der Waals surface area (Å²) in [5, 5.41) is 4.42. The second kappa shape index (κ2) is 11.0. The standard InChI is InChI=1S/C31H31BrN2O3S/c1-5-19-9-11-22-27(14-19)38-30(28(22)31(36)37-17(2)3)34-29(35)24-16-26(20-8-6-7-18(4)13-20)33-25-12-10-21(32)15-23(24)25/h6-8,10,12-13,15-17,19H,5,9,11,14H2,1-4H3,(H,34,35)/t19-/m0/s1. The molecule has 0 spiro atoms. The highest BCUT2D eigenvalue weighted by Crippen LogP contribution is 2.41. The van der Waals surface area contributed by atoms with Crippen LogP contribution in [0.3, 0.4) is 0 Å². The van der Waals surface area contributed by atoms with E-state index in [0.717, 1.165) is 63.4 Å². The second-order valence-electron chi connectivity index (χ2n) is 10.2. The molecule has 0 aliphatic heterocycles. The Balaban J connectivity index is 1.59. The van der Waals surface area contributed by atoms with Crippen molar-refractivity contribution in [1.29, 1.82) is 0 Å². The molecule has 0 saturated carbocycles. The molecule has 0 radical (unpaired) electrons. The predicted octanol–water partition coefficient (Wildman–Crippen LogP) is 8.37. The molecule has 38 heavy (non-hydrogen) atoms. The number of fused-ring (bicyclic) bond motifs is 2. The Bertz CT molecular complexity index is 1540. The third-order valence-electron chi connectivity index (χ3n) is 7.05. The molecular weight excluding hydrogens is 560 g/mol. The van der Waals surface area contributed by atoms with Crippen molar-refractivity contribution in [3.63, 3.8) is 0 Å². The Hall–Kier alpha value is -3.03. The van der Waals surface area contributed by atoms with Crippen molar-refractivity contribution in [1.82, 2.24) is 4.98 Å². The van der Waals surface area contributed by atoms with Crippen molar-refractivity contribution >= 4 is 55.0 Å². The number of benzene rings is 2. The van der Waals surface area contributed by atoms with Gasteiger partial charge in [-0.05, 0) is 81.8 Å². The van der Waals surface area contributed by atoms with Gasteiger partial charge in [0.25, 0.3) is 5.91 Å². The average molecular weight is 592 g/mol. The van der Waals surface area contributed by atoms with Gasteiger partial charge in [-0.25, -0.2) is 9.78 Å². The summed E-state index contributed by atoms with van der Waals surface area (Å²) in [5.74, 6) is -0.0452. The first-order valence-corrected chi connectivity index (χ1v) is 14.7. The highest BCUT2D eigenvalue weighted by Gasteiger charge is 2.31. The van der Waals surface area contributed by atoms with Gasteiger partial charge >= 0.3 is 5.97 Å². The van der Waals surface area contributed by atoms with Gasteiger partial charge in [0, 0.05) is 20.3 Å². The van der Waals surface area contributed by atoms with Gasteiger partial charge in [-0.15, -0.1) is 11.3 Å². The fraction of sp³-hybridized carbons (Fsp3) is 0.323. The lowest BCUT2D eigenvalue weighted by atomic mass is 9.85. The van der Waals surface area contributed by atoms with Gasteiger partial charge in [0.1, 0.15) is 5.00 Å². The van der Waals surface area contributed by atoms with Crippen LogP contribution in [-0.2, 0) is 17.6 Å². The Morgan fingerprint density at radius 3 is 2.74 bits per heavy atom. The number of esters is 1. The van der Waals surface area contributed by atoms with Crippen molar-refractivity contribution in [3.8, 4) is 11.3 Å². The van der Waals surface area contributed by atoms with E-state index in [4.69, 9.17) is 9.72 Å². The zero-order chi connectivity index (χ0) is 27.0. The number of hydrogen-bond donors (Lipinski definition) is 1. The number of rotatable bonds is 6. The summed E-state index contributed by atoms with van der Waals surface area (Å²) >= 11 is 5.05. The van der Waals surface area contributed by atoms with E-state index in [0.29, 0.717) is 22.0 Å². The summed E-state index contributed by atoms with van der Waals surface area (Å²) in [7, 11) is 0. The van der Waals surface area contributed by atoms with Crippen LogP contribution >= 0.6 is 27.3 Å². The normalized spacial score (nSPS) is 14.9. The summed E-state index contributed by atoms with van der Waals surface area (Å²) < 4.78 is 6.48. The van der Waals surface area contributed by atoms with E-state index < -0.39 is 0 Å². The largest absolute Gasteiger partial charge is 0.459 e. The number of aryl methyl sites for hydroxylation is 1. The molecule has 0 bridgehead atoms. The van der Waals surface area contributed by atoms with Crippen LogP contribution in [0.1, 0.15) is 70.3 Å². The Morgan fingerprint density at radius 1 is 1.18 bits per heavy atom. The first kappa shape index (κ1) is 26.6. The quantitative estimate of drug-likeness (QED) is 0.229. The van der Waals surface area contributed by atoms with Crippen LogP contribution in [0.4, 0.5) is 5.00 Å². The molecule has 0 unspecified atom stereocenters. The molecular formula is C31H31BrN2O3S. The first-order valence-electron chi connectivity index (χ1n) is 13.1. The Kier molecular flexibility index (Phi) is 7.68. The molecule has 5 nitrogen and oxygen atoms in total. The molecule has 1 N–H and O–H groups in total. The third-order valence-corrected chi connectivity index (χ3v) is 8.71. The fourth-order valence-electron chi connectivity index (χ4n) is 5.09. The van der Waals surface area contributed by atoms with Crippen LogP contribution in [0.15, 0.2) is 53.0 Å². The van der Waals surface area contributed by atoms with E-state index in [1.54, 1.807) is 0 Å². The molecule has 1 atom stereocenters. The number of thiophene rings is 1. The predicted molar refractivity (Wildman–Crippen MR) is 158 cm³/mol. The lowest BCUT2D eigenvalue weighted by Gasteiger charge is -2.21. The van der Waals surface area contributed by atoms with E-state index >= 15 is 0 Å². The number of hydrogen-bond acceptors (Lipinski definition) is 5. The number of anilines is 1. The molecule has 196 valence electrons. The van der Waals surface area contributed by atoms with E-state index in [1.807, 2.05) is 63.2 Å². The molecule has 2 aromatic heterocycles. The van der Waals surface area contributed by atoms with Gasteiger partial charge in [0.05, 0.1) is 28.4 Å². The number of carbonyl (C=O) groups is 2. The van der Waals surface area contributed by atoms with Crippen molar-refractivity contribution in [3.05, 3.63) is 80.1 Å². The molecule has 5 rings (SSSR count). The third kappa shape index (κ3) is 5.40. The summed E-state index contributed by atoms with van der Waals surface area (Å²) in [6, 6.07) is 15.7. The number of aromatic nitrogens is 1. The van der Waals surface area contributed by atoms with Crippen LogP contribution < -0.4 is 5.32 Å². The Morgan fingerprint density at radius 2 is 2.00 bits per heavy atom. The highest BCUT2D eigenvalue weighted by molar-refractivity contribution is 9.10. The molecule has 0 saturated heterocycles. The van der Waals surface area contributed by atoms with E-state index in [9.17, 15) is 9.59 Å². The van der Waals surface area contributed by atoms with Gasteiger partial charge in [0.15, 0.2) is 0 Å². The van der Waals surface area contributed by atoms with Gasteiger partial charge in [-0.2, -0.15) is 0 Å². The number of carbonyl (C=O) groups excluding carboxylic acids is 2. The second-order valence-corrected chi connectivity index (χ2v) is 12.2. The van der Waals surface area contributed by atoms with Crippen molar-refractivity contribution < 1.29 is 14.3 Å². The lowest BCUT2D eigenvalue weighted by Crippen LogP contribution is -2.19. The molecule has 2 heterocycles. The minimum atomic E-state index is -0.370. The van der Waals surface area contributed by atoms with Crippen molar-refractivity contribution in [2.75, 3.05) is 5.32 Å². The fourth-order valence-corrected chi connectivity index (χ4v) is 6.79. The maximum Gasteiger partial charge on any atom is 0.341 e. The number of nitrogens with zero attached hydrogens (tertiary/aromatic N) is 1. The topological polar surface area (TPSA) is 68.3 Å². The number of amides is 1. The smallest absolute Gasteiger partial charge is 0.341 e. The Labute approximate surface area is 235 Å². The first-order chi connectivity index (χ1) is 18.2. The molecule has 1 aliphatic carbocycles. The SMILES string of the molecule is CC[C@H]1CCc2c(sc(NC(=O)c3cc(-c4cccc(C)c4)nc4ccc(Br)cc34)c2C(=O)OC(C)C)C1. The summed E-state index contributed by atoms with van der Waals surface area (Å²) in [5.41, 5.74) is 5.58. The summed E-state index contributed by atoms with van der Waals surface area (Å²) in [6.07, 6.45) is 3.65. The van der Waals surface area contributed by atoms with Crippen LogP contribution in [0, 0.1) is 12.8 Å². The van der Waals surface area contributed by atoms with Crippen LogP contribution in [0.5, 0.6) is 0 Å². The van der Waals surface area contributed by atoms with Gasteiger partial charge in [0.2, 0.25) is 0 Å². The average Bonchev–Trinajstić information content (AvgIpc) is 3.24. The number of halogens is 1. The maximum atomic E-state index is 13.9. The molecule has 4 aromatic rings. The zero-order valence-corrected chi connectivity index (χ0v) is 24.5. The van der Waals surface area contributed by atoms with Crippen LogP contribution in [0.2, 0.25) is 0 Å². The highest BCUT2D eigenvalue weighted by atomic mass is 79.9.